The van der Waals surface area contributed by atoms with Crippen LogP contribution < -0.4 is 5.32 Å². The summed E-state index contributed by atoms with van der Waals surface area (Å²) in [5.74, 6) is 0. The smallest absolute Gasteiger partial charge is 0.293 e. The maximum absolute atomic E-state index is 10.0. The van der Waals surface area contributed by atoms with E-state index in [9.17, 15) is 4.79 Å². The van der Waals surface area contributed by atoms with Crippen LogP contribution in [0.15, 0.2) is 60.8 Å². The molecule has 0 fully saturated rings. The summed E-state index contributed by atoms with van der Waals surface area (Å²) in [6, 6.07) is 18.6. The summed E-state index contributed by atoms with van der Waals surface area (Å²) in [5.41, 5.74) is 11.5. The number of benzene rings is 3. The third-order valence-corrected chi connectivity index (χ3v) is 7.06. The molecule has 4 nitrogen and oxygen atoms in total. The fourth-order valence-electron chi connectivity index (χ4n) is 4.61. The molecule has 1 heterocycles. The minimum atomic E-state index is -0.235. The van der Waals surface area contributed by atoms with Gasteiger partial charge in [0.15, 0.2) is 0 Å². The van der Waals surface area contributed by atoms with E-state index in [2.05, 4.69) is 68.3 Å². The number of aromatic nitrogens is 1. The minimum absolute atomic E-state index is 0.235. The normalized spacial score (nSPS) is 11.4. The summed E-state index contributed by atoms with van der Waals surface area (Å²) in [6.07, 6.45) is 4.80. The van der Waals surface area contributed by atoms with E-state index in [0.717, 1.165) is 30.3 Å². The predicted molar refractivity (Wildman–Crippen MR) is 156 cm³/mol. The van der Waals surface area contributed by atoms with Crippen LogP contribution in [0.1, 0.15) is 65.8 Å². The van der Waals surface area contributed by atoms with E-state index in [1.54, 1.807) is 19.1 Å². The summed E-state index contributed by atoms with van der Waals surface area (Å²) in [5, 5.41) is 5.22. The first-order chi connectivity index (χ1) is 17.8. The van der Waals surface area contributed by atoms with Crippen molar-refractivity contribution in [3.8, 4) is 0 Å². The third-order valence-electron chi connectivity index (χ3n) is 6.83. The number of hydrogen-bond acceptors (Lipinski definition) is 4. The van der Waals surface area contributed by atoms with Crippen LogP contribution in [0.4, 0.5) is 5.69 Å². The first-order valence-corrected chi connectivity index (χ1v) is 13.2. The predicted octanol–water partition coefficient (Wildman–Crippen LogP) is 8.18. The van der Waals surface area contributed by atoms with Crippen molar-refractivity contribution in [3.05, 3.63) is 105 Å². The number of ether oxygens (including phenoxy) is 1. The Kier molecular flexibility index (Phi) is 10.1. The minimum Gasteiger partial charge on any atom is -0.460 e. The first-order valence-electron chi connectivity index (χ1n) is 12.8. The van der Waals surface area contributed by atoms with E-state index in [4.69, 9.17) is 16.3 Å². The fourth-order valence-corrected chi connectivity index (χ4v) is 4.81. The van der Waals surface area contributed by atoms with Crippen molar-refractivity contribution < 1.29 is 9.53 Å². The van der Waals surface area contributed by atoms with E-state index >= 15 is 0 Å². The lowest BCUT2D eigenvalue weighted by Gasteiger charge is -2.14. The Morgan fingerprint density at radius 1 is 0.946 bits per heavy atom. The molecule has 5 heteroatoms. The Labute approximate surface area is 226 Å². The van der Waals surface area contributed by atoms with E-state index in [0.29, 0.717) is 11.5 Å². The van der Waals surface area contributed by atoms with Crippen molar-refractivity contribution in [2.75, 3.05) is 12.4 Å². The molecule has 1 atom stereocenters. The van der Waals surface area contributed by atoms with Gasteiger partial charge in [-0.2, -0.15) is 0 Å². The summed E-state index contributed by atoms with van der Waals surface area (Å²) in [4.78, 5) is 14.6. The Morgan fingerprint density at radius 3 is 2.32 bits per heavy atom. The molecule has 0 aliphatic rings. The molecular formula is C32H37ClN2O2. The zero-order valence-corrected chi connectivity index (χ0v) is 23.4. The summed E-state index contributed by atoms with van der Waals surface area (Å²) >= 11 is 5.75. The SMILES string of the molecule is CC(OC=O)c1cccc(Cl)c1.CCc1cc2nccc(Cc3cc(C)c(NC)cc3C)c2cc1CC. The molecule has 1 N–H and O–H groups in total. The highest BCUT2D eigenvalue weighted by atomic mass is 35.5. The number of nitrogens with zero attached hydrogens (tertiary/aromatic N) is 1. The van der Waals surface area contributed by atoms with Gasteiger partial charge in [0.05, 0.1) is 5.52 Å². The van der Waals surface area contributed by atoms with Gasteiger partial charge in [-0.1, -0.05) is 43.6 Å². The monoisotopic (exact) mass is 516 g/mol. The van der Waals surface area contributed by atoms with Crippen molar-refractivity contribution in [3.63, 3.8) is 0 Å². The van der Waals surface area contributed by atoms with Gasteiger partial charge in [0.2, 0.25) is 0 Å². The van der Waals surface area contributed by atoms with Crippen LogP contribution >= 0.6 is 11.6 Å². The molecule has 0 spiro atoms. The highest BCUT2D eigenvalue weighted by molar-refractivity contribution is 6.30. The average Bonchev–Trinajstić information content (AvgIpc) is 2.90. The molecule has 0 saturated carbocycles. The third kappa shape index (κ3) is 7.11. The number of hydrogen-bond donors (Lipinski definition) is 1. The fraction of sp³-hybridized carbons (Fsp3) is 0.312. The van der Waals surface area contributed by atoms with Crippen molar-refractivity contribution in [1.82, 2.24) is 4.98 Å². The Hall–Kier alpha value is -3.37. The summed E-state index contributed by atoms with van der Waals surface area (Å²) in [6.45, 7) is 11.1. The molecule has 0 saturated heterocycles. The Bertz CT molecular complexity index is 1370. The van der Waals surface area contributed by atoms with Gasteiger partial charge < -0.3 is 10.1 Å². The number of fused-ring (bicyclic) bond motifs is 1. The molecule has 0 aliphatic heterocycles. The van der Waals surface area contributed by atoms with Gasteiger partial charge in [0.25, 0.3) is 6.47 Å². The zero-order valence-electron chi connectivity index (χ0n) is 22.7. The standard InChI is InChI=1S/C23H28N2.C9H9ClO2/c1-6-17-13-21-19(8-9-25-23(21)14-18(17)7-2)12-20-10-16(4)22(24-5)11-15(20)3;1-7(12-6-11)8-3-2-4-9(10)5-8/h8-11,13-14,24H,6-7,12H2,1-5H3;2-7H,1H3. The van der Waals surface area contributed by atoms with Crippen LogP contribution in [0.3, 0.4) is 0 Å². The van der Waals surface area contributed by atoms with E-state index in [-0.39, 0.29) is 6.10 Å². The number of pyridine rings is 1. The largest absolute Gasteiger partial charge is 0.460 e. The molecule has 0 amide bonds. The number of rotatable bonds is 8. The van der Waals surface area contributed by atoms with Gasteiger partial charge in [-0.25, -0.2) is 0 Å². The molecule has 194 valence electrons. The lowest BCUT2D eigenvalue weighted by molar-refractivity contribution is -0.133. The van der Waals surface area contributed by atoms with Crippen LogP contribution in [-0.4, -0.2) is 18.5 Å². The van der Waals surface area contributed by atoms with Gasteiger partial charge in [0.1, 0.15) is 6.10 Å². The molecule has 1 unspecified atom stereocenters. The van der Waals surface area contributed by atoms with Crippen LogP contribution in [0.5, 0.6) is 0 Å². The van der Waals surface area contributed by atoms with Crippen molar-refractivity contribution in [1.29, 1.82) is 0 Å². The van der Waals surface area contributed by atoms with Crippen LogP contribution in [-0.2, 0) is 28.8 Å². The Balaban J connectivity index is 0.000000266. The van der Waals surface area contributed by atoms with E-state index in [1.165, 1.54) is 44.5 Å². The van der Waals surface area contributed by atoms with Crippen LogP contribution in [0.2, 0.25) is 5.02 Å². The zero-order chi connectivity index (χ0) is 26.9. The topological polar surface area (TPSA) is 51.2 Å². The highest BCUT2D eigenvalue weighted by Gasteiger charge is 2.10. The number of nitrogens with one attached hydrogen (secondary N) is 1. The maximum atomic E-state index is 10.0. The lowest BCUT2D eigenvalue weighted by Crippen LogP contribution is -2.00. The summed E-state index contributed by atoms with van der Waals surface area (Å²) in [7, 11) is 1.98. The number of carbonyl (C=O) groups excluding carboxylic acids is 1. The molecule has 3 aromatic carbocycles. The number of aryl methyl sites for hydroxylation is 4. The van der Waals surface area contributed by atoms with Gasteiger partial charge >= 0.3 is 0 Å². The van der Waals surface area contributed by atoms with E-state index in [1.807, 2.05) is 25.4 Å². The molecule has 0 radical (unpaired) electrons. The first kappa shape index (κ1) is 28.2. The van der Waals surface area contributed by atoms with Gasteiger partial charge in [0, 0.05) is 29.3 Å². The molecular weight excluding hydrogens is 480 g/mol. The molecule has 0 bridgehead atoms. The maximum Gasteiger partial charge on any atom is 0.293 e. The van der Waals surface area contributed by atoms with Gasteiger partial charge in [-0.15, -0.1) is 0 Å². The van der Waals surface area contributed by atoms with Crippen LogP contribution in [0.25, 0.3) is 10.9 Å². The van der Waals surface area contributed by atoms with Crippen molar-refractivity contribution in [2.24, 2.45) is 0 Å². The highest BCUT2D eigenvalue weighted by Crippen LogP contribution is 2.27. The molecule has 1 aromatic heterocycles. The van der Waals surface area contributed by atoms with Gasteiger partial charge in [-0.05, 0) is 115 Å². The second kappa shape index (κ2) is 13.3. The number of anilines is 1. The molecule has 4 rings (SSSR count). The molecule has 4 aromatic rings. The second-order valence-electron chi connectivity index (χ2n) is 9.27. The van der Waals surface area contributed by atoms with Crippen LogP contribution in [0, 0.1) is 13.8 Å². The lowest BCUT2D eigenvalue weighted by atomic mass is 9.93. The Morgan fingerprint density at radius 2 is 1.68 bits per heavy atom. The van der Waals surface area contributed by atoms with E-state index < -0.39 is 0 Å². The quantitative estimate of drug-likeness (QED) is 0.240. The molecule has 37 heavy (non-hydrogen) atoms. The average molecular weight is 517 g/mol. The van der Waals surface area contributed by atoms with Crippen molar-refractivity contribution in [2.45, 2.75) is 60.0 Å². The summed E-state index contributed by atoms with van der Waals surface area (Å²) < 4.78 is 4.74. The number of carbonyl (C=O) groups is 1. The second-order valence-corrected chi connectivity index (χ2v) is 9.70. The molecule has 0 aliphatic carbocycles. The van der Waals surface area contributed by atoms with Gasteiger partial charge in [-0.3, -0.25) is 9.78 Å². The van der Waals surface area contributed by atoms with Crippen molar-refractivity contribution >= 4 is 34.7 Å². The number of halogens is 1.